The molecule has 0 saturated carbocycles. The van der Waals surface area contributed by atoms with Crippen LogP contribution in [-0.2, 0) is 16.1 Å². The van der Waals surface area contributed by atoms with Gasteiger partial charge in [0, 0.05) is 12.1 Å². The normalized spacial score (nSPS) is 12.2. The van der Waals surface area contributed by atoms with Gasteiger partial charge < -0.3 is 15.0 Å². The number of rotatable bonds is 7. The summed E-state index contributed by atoms with van der Waals surface area (Å²) in [6.45, 7) is 9.55. The number of benzene rings is 2. The molecule has 0 aliphatic carbocycles. The highest BCUT2D eigenvalue weighted by Crippen LogP contribution is 2.23. The number of carbonyl (C=O) groups excluding carboxylic acids is 2. The van der Waals surface area contributed by atoms with Gasteiger partial charge in [-0.25, -0.2) is 0 Å². The van der Waals surface area contributed by atoms with Gasteiger partial charge >= 0.3 is 0 Å². The number of amides is 2. The highest BCUT2D eigenvalue weighted by Gasteiger charge is 2.29. The maximum absolute atomic E-state index is 13.0. The largest absolute Gasteiger partial charge is 0.482 e. The van der Waals surface area contributed by atoms with Crippen LogP contribution in [0.2, 0.25) is 5.02 Å². The molecule has 5 nitrogen and oxygen atoms in total. The Labute approximate surface area is 178 Å². The van der Waals surface area contributed by atoms with Crippen molar-refractivity contribution in [3.63, 3.8) is 0 Å². The molecule has 0 aliphatic heterocycles. The van der Waals surface area contributed by atoms with Gasteiger partial charge in [0.25, 0.3) is 5.91 Å². The van der Waals surface area contributed by atoms with Gasteiger partial charge in [-0.2, -0.15) is 0 Å². The Balaban J connectivity index is 2.20. The fraction of sp³-hybridized carbons (Fsp3) is 0.391. The summed E-state index contributed by atoms with van der Waals surface area (Å²) in [4.78, 5) is 27.3. The highest BCUT2D eigenvalue weighted by atomic mass is 35.5. The van der Waals surface area contributed by atoms with Gasteiger partial charge in [0.1, 0.15) is 11.8 Å². The molecule has 2 amide bonds. The van der Waals surface area contributed by atoms with Gasteiger partial charge in [-0.3, -0.25) is 9.59 Å². The first kappa shape index (κ1) is 22.8. The standard InChI is InChI=1S/C23H29ClN2O3/c1-16-10-6-7-11-18(16)14-26(17(2)22(28)25-23(3,4)5)21(27)15-29-20-13-9-8-12-19(20)24/h6-13,17H,14-15H2,1-5H3,(H,25,28). The average Bonchev–Trinajstić information content (AvgIpc) is 2.64. The highest BCUT2D eigenvalue weighted by molar-refractivity contribution is 6.32. The van der Waals surface area contributed by atoms with E-state index in [1.54, 1.807) is 36.1 Å². The fourth-order valence-electron chi connectivity index (χ4n) is 2.81. The molecule has 29 heavy (non-hydrogen) atoms. The zero-order valence-electron chi connectivity index (χ0n) is 17.7. The quantitative estimate of drug-likeness (QED) is 0.729. The van der Waals surface area contributed by atoms with Crippen LogP contribution in [0.3, 0.4) is 0 Å². The first-order valence-corrected chi connectivity index (χ1v) is 9.99. The Hall–Kier alpha value is -2.53. The number of carbonyl (C=O) groups is 2. The number of aryl methyl sites for hydroxylation is 1. The summed E-state index contributed by atoms with van der Waals surface area (Å²) >= 11 is 6.11. The van der Waals surface area contributed by atoms with Crippen molar-refractivity contribution >= 4 is 23.4 Å². The minimum atomic E-state index is -0.656. The second kappa shape index (κ2) is 9.79. The van der Waals surface area contributed by atoms with Crippen LogP contribution in [0.4, 0.5) is 0 Å². The van der Waals surface area contributed by atoms with E-state index < -0.39 is 11.6 Å². The number of nitrogens with one attached hydrogen (secondary N) is 1. The molecule has 0 fully saturated rings. The van der Waals surface area contributed by atoms with E-state index in [0.29, 0.717) is 17.3 Å². The Morgan fingerprint density at radius 3 is 2.34 bits per heavy atom. The summed E-state index contributed by atoms with van der Waals surface area (Å²) in [5, 5.41) is 3.38. The van der Waals surface area contributed by atoms with E-state index in [1.807, 2.05) is 52.0 Å². The minimum Gasteiger partial charge on any atom is -0.482 e. The van der Waals surface area contributed by atoms with Crippen LogP contribution in [0, 0.1) is 6.92 Å². The monoisotopic (exact) mass is 416 g/mol. The van der Waals surface area contributed by atoms with Crippen LogP contribution in [0.25, 0.3) is 0 Å². The minimum absolute atomic E-state index is 0.206. The fourth-order valence-corrected chi connectivity index (χ4v) is 3.00. The first-order chi connectivity index (χ1) is 13.6. The summed E-state index contributed by atoms with van der Waals surface area (Å²) in [6, 6.07) is 14.1. The Kier molecular flexibility index (Phi) is 7.68. The maximum atomic E-state index is 13.0. The molecule has 156 valence electrons. The van der Waals surface area contributed by atoms with Crippen molar-refractivity contribution in [3.05, 3.63) is 64.7 Å². The van der Waals surface area contributed by atoms with Crippen LogP contribution in [-0.4, -0.2) is 34.9 Å². The molecular formula is C23H29ClN2O3. The molecule has 2 aromatic carbocycles. The van der Waals surface area contributed by atoms with E-state index in [1.165, 1.54) is 0 Å². The lowest BCUT2D eigenvalue weighted by Gasteiger charge is -2.31. The third-order valence-corrected chi connectivity index (χ3v) is 4.77. The first-order valence-electron chi connectivity index (χ1n) is 9.62. The van der Waals surface area contributed by atoms with Crippen molar-refractivity contribution in [1.29, 1.82) is 0 Å². The zero-order valence-corrected chi connectivity index (χ0v) is 18.4. The van der Waals surface area contributed by atoms with Gasteiger partial charge in [0.15, 0.2) is 6.61 Å². The summed E-state index contributed by atoms with van der Waals surface area (Å²) < 4.78 is 5.62. The molecule has 0 bridgehead atoms. The van der Waals surface area contributed by atoms with Gasteiger partial charge in [-0.15, -0.1) is 0 Å². The van der Waals surface area contributed by atoms with Crippen LogP contribution in [0.5, 0.6) is 5.75 Å². The predicted octanol–water partition coefficient (Wildman–Crippen LogP) is 4.36. The van der Waals surface area contributed by atoms with Crippen molar-refractivity contribution in [3.8, 4) is 5.75 Å². The topological polar surface area (TPSA) is 58.6 Å². The lowest BCUT2D eigenvalue weighted by atomic mass is 10.1. The lowest BCUT2D eigenvalue weighted by molar-refractivity contribution is -0.142. The molecule has 0 aromatic heterocycles. The van der Waals surface area contributed by atoms with E-state index in [2.05, 4.69) is 5.32 Å². The molecule has 1 unspecified atom stereocenters. The van der Waals surface area contributed by atoms with Crippen molar-refractivity contribution in [2.45, 2.75) is 52.7 Å². The van der Waals surface area contributed by atoms with Gasteiger partial charge in [-0.05, 0) is 57.9 Å². The molecule has 1 atom stereocenters. The zero-order chi connectivity index (χ0) is 21.6. The molecule has 1 N–H and O–H groups in total. The third kappa shape index (κ3) is 6.79. The summed E-state index contributed by atoms with van der Waals surface area (Å²) in [6.07, 6.45) is 0. The third-order valence-electron chi connectivity index (χ3n) is 4.46. The number of ether oxygens (including phenoxy) is 1. The van der Waals surface area contributed by atoms with Crippen LogP contribution < -0.4 is 10.1 Å². The number of hydrogen-bond donors (Lipinski definition) is 1. The predicted molar refractivity (Wildman–Crippen MR) is 116 cm³/mol. The molecule has 0 heterocycles. The average molecular weight is 417 g/mol. The summed E-state index contributed by atoms with van der Waals surface area (Å²) in [5.41, 5.74) is 1.64. The number of para-hydroxylation sites is 1. The van der Waals surface area contributed by atoms with Gasteiger partial charge in [-0.1, -0.05) is 48.0 Å². The molecule has 6 heteroatoms. The summed E-state index contributed by atoms with van der Waals surface area (Å²) in [5.74, 6) is -0.0629. The summed E-state index contributed by atoms with van der Waals surface area (Å²) in [7, 11) is 0. The molecule has 0 saturated heterocycles. The maximum Gasteiger partial charge on any atom is 0.261 e. The molecule has 2 aromatic rings. The Morgan fingerprint density at radius 2 is 1.72 bits per heavy atom. The van der Waals surface area contributed by atoms with E-state index in [0.717, 1.165) is 11.1 Å². The van der Waals surface area contributed by atoms with Crippen LogP contribution in [0.15, 0.2) is 48.5 Å². The molecule has 0 spiro atoms. The van der Waals surface area contributed by atoms with E-state index in [-0.39, 0.29) is 18.4 Å². The second-order valence-electron chi connectivity index (χ2n) is 8.08. The lowest BCUT2D eigenvalue weighted by Crippen LogP contribution is -2.53. The second-order valence-corrected chi connectivity index (χ2v) is 8.49. The Morgan fingerprint density at radius 1 is 1.10 bits per heavy atom. The van der Waals surface area contributed by atoms with Gasteiger partial charge in [0.05, 0.1) is 5.02 Å². The van der Waals surface area contributed by atoms with Crippen molar-refractivity contribution in [2.75, 3.05) is 6.61 Å². The van der Waals surface area contributed by atoms with E-state index in [9.17, 15) is 9.59 Å². The SMILES string of the molecule is Cc1ccccc1CN(C(=O)COc1ccccc1Cl)C(C)C(=O)NC(C)(C)C. The van der Waals surface area contributed by atoms with Crippen LogP contribution in [0.1, 0.15) is 38.8 Å². The van der Waals surface area contributed by atoms with Crippen molar-refractivity contribution in [2.24, 2.45) is 0 Å². The van der Waals surface area contributed by atoms with E-state index >= 15 is 0 Å². The van der Waals surface area contributed by atoms with Crippen molar-refractivity contribution in [1.82, 2.24) is 10.2 Å². The molecule has 0 radical (unpaired) electrons. The number of hydrogen-bond acceptors (Lipinski definition) is 3. The van der Waals surface area contributed by atoms with Crippen LogP contribution >= 0.6 is 11.6 Å². The molecular weight excluding hydrogens is 388 g/mol. The number of nitrogens with zero attached hydrogens (tertiary/aromatic N) is 1. The van der Waals surface area contributed by atoms with Gasteiger partial charge in [0.2, 0.25) is 5.91 Å². The van der Waals surface area contributed by atoms with E-state index in [4.69, 9.17) is 16.3 Å². The molecule has 2 rings (SSSR count). The Bertz CT molecular complexity index is 861. The smallest absolute Gasteiger partial charge is 0.261 e. The van der Waals surface area contributed by atoms with Crippen molar-refractivity contribution < 1.29 is 14.3 Å². The molecule has 0 aliphatic rings. The number of halogens is 1.